The van der Waals surface area contributed by atoms with Crippen LogP contribution in [0.1, 0.15) is 29.6 Å². The Morgan fingerprint density at radius 2 is 1.94 bits per heavy atom. The summed E-state index contributed by atoms with van der Waals surface area (Å²) >= 11 is 5.98. The highest BCUT2D eigenvalue weighted by Crippen LogP contribution is 2.14. The summed E-state index contributed by atoms with van der Waals surface area (Å²) in [7, 11) is 0. The monoisotopic (exact) mass is 246 g/mol. The highest BCUT2D eigenvalue weighted by Gasteiger charge is 2.05. The Hall–Kier alpha value is -1.41. The van der Waals surface area contributed by atoms with Crippen molar-refractivity contribution >= 4 is 11.6 Å². The second-order valence-corrected chi connectivity index (χ2v) is 4.44. The van der Waals surface area contributed by atoms with Crippen LogP contribution < -0.4 is 0 Å². The maximum Gasteiger partial charge on any atom is 0.134 e. The highest BCUT2D eigenvalue weighted by molar-refractivity contribution is 6.29. The third-order valence-electron chi connectivity index (χ3n) is 2.77. The minimum absolute atomic E-state index is 0.528. The molecular weight excluding hydrogens is 232 g/mol. The SMILES string of the molecule is CCc1cc(Cl)nc(Cc2ccccc2C)n1. The van der Waals surface area contributed by atoms with Gasteiger partial charge in [0.2, 0.25) is 0 Å². The zero-order valence-corrected chi connectivity index (χ0v) is 10.8. The predicted octanol–water partition coefficient (Wildman–Crippen LogP) is 3.59. The van der Waals surface area contributed by atoms with E-state index >= 15 is 0 Å². The lowest BCUT2D eigenvalue weighted by molar-refractivity contribution is 0.902. The van der Waals surface area contributed by atoms with Crippen molar-refractivity contribution in [3.05, 3.63) is 58.1 Å². The Kier molecular flexibility index (Phi) is 3.75. The zero-order chi connectivity index (χ0) is 12.3. The first-order valence-corrected chi connectivity index (χ1v) is 6.13. The second-order valence-electron chi connectivity index (χ2n) is 4.06. The normalized spacial score (nSPS) is 10.5. The van der Waals surface area contributed by atoms with Gasteiger partial charge in [0.1, 0.15) is 11.0 Å². The number of aryl methyl sites for hydroxylation is 2. The van der Waals surface area contributed by atoms with Crippen LogP contribution in [-0.4, -0.2) is 9.97 Å². The molecule has 0 aliphatic rings. The summed E-state index contributed by atoms with van der Waals surface area (Å²) in [5.41, 5.74) is 3.50. The lowest BCUT2D eigenvalue weighted by Gasteiger charge is -2.06. The summed E-state index contributed by atoms with van der Waals surface area (Å²) in [5.74, 6) is 0.795. The summed E-state index contributed by atoms with van der Waals surface area (Å²) in [5, 5.41) is 0.528. The lowest BCUT2D eigenvalue weighted by Crippen LogP contribution is -2.01. The molecule has 1 aromatic carbocycles. The molecule has 0 aliphatic carbocycles. The fourth-order valence-corrected chi connectivity index (χ4v) is 1.98. The van der Waals surface area contributed by atoms with Gasteiger partial charge in [-0.05, 0) is 30.5 Å². The number of rotatable bonds is 3. The van der Waals surface area contributed by atoms with E-state index in [1.165, 1.54) is 11.1 Å². The minimum Gasteiger partial charge on any atom is -0.237 e. The van der Waals surface area contributed by atoms with E-state index in [2.05, 4.69) is 35.9 Å². The van der Waals surface area contributed by atoms with Gasteiger partial charge in [-0.15, -0.1) is 0 Å². The van der Waals surface area contributed by atoms with Crippen LogP contribution in [0.2, 0.25) is 5.15 Å². The van der Waals surface area contributed by atoms with Gasteiger partial charge < -0.3 is 0 Å². The molecule has 0 amide bonds. The number of nitrogens with zero attached hydrogens (tertiary/aromatic N) is 2. The average molecular weight is 247 g/mol. The van der Waals surface area contributed by atoms with Crippen LogP contribution in [0.25, 0.3) is 0 Å². The molecule has 17 heavy (non-hydrogen) atoms. The third kappa shape index (κ3) is 3.04. The first kappa shape index (κ1) is 12.1. The molecule has 0 unspecified atom stereocenters. The molecule has 0 radical (unpaired) electrons. The van der Waals surface area contributed by atoms with Gasteiger partial charge in [0.25, 0.3) is 0 Å². The molecule has 0 bridgehead atoms. The van der Waals surface area contributed by atoms with Crippen LogP contribution in [0.5, 0.6) is 0 Å². The minimum atomic E-state index is 0.528. The molecule has 1 aromatic heterocycles. The standard InChI is InChI=1S/C14H15ClN2/c1-3-12-9-13(15)17-14(16-12)8-11-7-5-4-6-10(11)2/h4-7,9H,3,8H2,1-2H3. The van der Waals surface area contributed by atoms with E-state index in [1.54, 1.807) is 0 Å². The molecule has 0 spiro atoms. The Bertz CT molecular complexity index is 523. The van der Waals surface area contributed by atoms with Gasteiger partial charge in [-0.2, -0.15) is 0 Å². The van der Waals surface area contributed by atoms with Gasteiger partial charge >= 0.3 is 0 Å². The molecular formula is C14H15ClN2. The fraction of sp³-hybridized carbons (Fsp3) is 0.286. The Balaban J connectivity index is 2.30. The van der Waals surface area contributed by atoms with Crippen LogP contribution >= 0.6 is 11.6 Å². The lowest BCUT2D eigenvalue weighted by atomic mass is 10.1. The van der Waals surface area contributed by atoms with E-state index in [-0.39, 0.29) is 0 Å². The van der Waals surface area contributed by atoms with E-state index in [4.69, 9.17) is 11.6 Å². The Morgan fingerprint density at radius 3 is 2.65 bits per heavy atom. The van der Waals surface area contributed by atoms with Crippen molar-refractivity contribution in [1.82, 2.24) is 9.97 Å². The number of halogens is 1. The van der Waals surface area contributed by atoms with Crippen LogP contribution in [0.4, 0.5) is 0 Å². The summed E-state index contributed by atoms with van der Waals surface area (Å²) in [6, 6.07) is 10.1. The molecule has 1 heterocycles. The number of aromatic nitrogens is 2. The van der Waals surface area contributed by atoms with Gasteiger partial charge in [0.05, 0.1) is 0 Å². The van der Waals surface area contributed by atoms with Crippen molar-refractivity contribution in [3.63, 3.8) is 0 Å². The van der Waals surface area contributed by atoms with Gasteiger partial charge in [-0.1, -0.05) is 42.8 Å². The van der Waals surface area contributed by atoms with Crippen molar-refractivity contribution < 1.29 is 0 Å². The van der Waals surface area contributed by atoms with E-state index in [9.17, 15) is 0 Å². The van der Waals surface area contributed by atoms with Crippen molar-refractivity contribution in [2.24, 2.45) is 0 Å². The molecule has 0 fully saturated rings. The van der Waals surface area contributed by atoms with E-state index in [0.717, 1.165) is 24.4 Å². The maximum atomic E-state index is 5.98. The first-order chi connectivity index (χ1) is 8.19. The summed E-state index contributed by atoms with van der Waals surface area (Å²) in [4.78, 5) is 8.77. The predicted molar refractivity (Wildman–Crippen MR) is 70.4 cm³/mol. The molecule has 0 N–H and O–H groups in total. The van der Waals surface area contributed by atoms with Gasteiger partial charge in [0.15, 0.2) is 0 Å². The molecule has 2 nitrogen and oxygen atoms in total. The van der Waals surface area contributed by atoms with E-state index in [0.29, 0.717) is 5.15 Å². The molecule has 0 aliphatic heterocycles. The molecule has 2 rings (SSSR count). The maximum absolute atomic E-state index is 5.98. The zero-order valence-electron chi connectivity index (χ0n) is 10.1. The Morgan fingerprint density at radius 1 is 1.18 bits per heavy atom. The van der Waals surface area contributed by atoms with Crippen molar-refractivity contribution in [2.75, 3.05) is 0 Å². The molecule has 0 saturated heterocycles. The van der Waals surface area contributed by atoms with E-state index in [1.807, 2.05) is 18.2 Å². The van der Waals surface area contributed by atoms with Gasteiger partial charge in [-0.25, -0.2) is 9.97 Å². The topological polar surface area (TPSA) is 25.8 Å². The van der Waals surface area contributed by atoms with Crippen LogP contribution in [-0.2, 0) is 12.8 Å². The first-order valence-electron chi connectivity index (χ1n) is 5.76. The molecule has 88 valence electrons. The number of benzene rings is 1. The van der Waals surface area contributed by atoms with Crippen molar-refractivity contribution in [1.29, 1.82) is 0 Å². The van der Waals surface area contributed by atoms with Gasteiger partial charge in [-0.3, -0.25) is 0 Å². The third-order valence-corrected chi connectivity index (χ3v) is 2.96. The molecule has 3 heteroatoms. The van der Waals surface area contributed by atoms with E-state index < -0.39 is 0 Å². The second kappa shape index (κ2) is 5.28. The Labute approximate surface area is 107 Å². The number of hydrogen-bond acceptors (Lipinski definition) is 2. The molecule has 0 atom stereocenters. The molecule has 2 aromatic rings. The highest BCUT2D eigenvalue weighted by atomic mass is 35.5. The van der Waals surface area contributed by atoms with Crippen molar-refractivity contribution in [3.8, 4) is 0 Å². The summed E-state index contributed by atoms with van der Waals surface area (Å²) < 4.78 is 0. The van der Waals surface area contributed by atoms with Crippen LogP contribution in [0.3, 0.4) is 0 Å². The number of hydrogen-bond donors (Lipinski definition) is 0. The molecule has 0 saturated carbocycles. The van der Waals surface area contributed by atoms with Crippen LogP contribution in [0.15, 0.2) is 30.3 Å². The fourth-order valence-electron chi connectivity index (χ4n) is 1.76. The average Bonchev–Trinajstić information content (AvgIpc) is 2.31. The van der Waals surface area contributed by atoms with Crippen molar-refractivity contribution in [2.45, 2.75) is 26.7 Å². The smallest absolute Gasteiger partial charge is 0.134 e. The van der Waals surface area contributed by atoms with Crippen LogP contribution in [0, 0.1) is 6.92 Å². The quantitative estimate of drug-likeness (QED) is 0.774. The van der Waals surface area contributed by atoms with Gasteiger partial charge in [0, 0.05) is 12.1 Å². The largest absolute Gasteiger partial charge is 0.237 e. The summed E-state index contributed by atoms with van der Waals surface area (Å²) in [6.45, 7) is 4.16. The summed E-state index contributed by atoms with van der Waals surface area (Å²) in [6.07, 6.45) is 1.61.